The Balaban J connectivity index is 1.17. The van der Waals surface area contributed by atoms with E-state index in [9.17, 15) is 9.59 Å². The largest absolute Gasteiger partial charge is 0.349 e. The zero-order chi connectivity index (χ0) is 22.8. The van der Waals surface area contributed by atoms with Crippen LogP contribution in [0.2, 0.25) is 0 Å². The van der Waals surface area contributed by atoms with E-state index in [0.717, 1.165) is 23.9 Å². The maximum absolute atomic E-state index is 13.0. The minimum absolute atomic E-state index is 0.0629. The van der Waals surface area contributed by atoms with Gasteiger partial charge in [0.05, 0.1) is 11.0 Å². The number of carbonyl (C=O) groups is 2. The molecule has 3 aliphatic carbocycles. The molecule has 6 rings (SSSR count). The van der Waals surface area contributed by atoms with Crippen molar-refractivity contribution in [3.63, 3.8) is 0 Å². The Labute approximate surface area is 195 Å². The Morgan fingerprint density at radius 1 is 1.12 bits per heavy atom. The lowest BCUT2D eigenvalue weighted by molar-refractivity contribution is -0.123. The highest BCUT2D eigenvalue weighted by molar-refractivity contribution is 5.91. The average molecular weight is 447 g/mol. The van der Waals surface area contributed by atoms with Crippen molar-refractivity contribution in [3.05, 3.63) is 36.4 Å². The summed E-state index contributed by atoms with van der Waals surface area (Å²) >= 11 is 0. The molecule has 6 nitrogen and oxygen atoms in total. The van der Waals surface area contributed by atoms with Crippen molar-refractivity contribution in [2.24, 2.45) is 34.5 Å². The lowest BCUT2D eigenvalue weighted by Crippen LogP contribution is -2.59. The fourth-order valence-electron chi connectivity index (χ4n) is 8.20. The molecular weight excluding hydrogens is 412 g/mol. The number of benzene rings is 1. The van der Waals surface area contributed by atoms with Crippen molar-refractivity contribution >= 4 is 28.8 Å². The molecular formula is C27H34N4O2. The van der Waals surface area contributed by atoms with Gasteiger partial charge in [-0.15, -0.1) is 0 Å². The van der Waals surface area contributed by atoms with Gasteiger partial charge in [-0.25, -0.2) is 4.98 Å². The molecule has 3 fully saturated rings. The molecule has 1 aromatic heterocycles. The number of para-hydroxylation sites is 2. The number of nitrogens with one attached hydrogen (secondary N) is 3. The predicted molar refractivity (Wildman–Crippen MR) is 128 cm³/mol. The molecule has 0 radical (unpaired) electrons. The number of hydrogen-bond donors (Lipinski definition) is 3. The van der Waals surface area contributed by atoms with Crippen LogP contribution in [0.4, 0.5) is 5.95 Å². The first-order valence-corrected chi connectivity index (χ1v) is 12.6. The van der Waals surface area contributed by atoms with Crippen LogP contribution in [-0.2, 0) is 9.59 Å². The summed E-state index contributed by atoms with van der Waals surface area (Å²) in [6.45, 7) is 4.81. The molecule has 1 aromatic carbocycles. The highest BCUT2D eigenvalue weighted by atomic mass is 16.2. The Kier molecular flexibility index (Phi) is 4.72. The summed E-state index contributed by atoms with van der Waals surface area (Å²) in [5.74, 6) is 3.07. The van der Waals surface area contributed by atoms with E-state index in [1.54, 1.807) is 6.08 Å². The van der Waals surface area contributed by atoms with Crippen LogP contribution in [0, 0.1) is 34.5 Å². The molecule has 1 aliphatic heterocycles. The van der Waals surface area contributed by atoms with Crippen molar-refractivity contribution in [3.8, 4) is 0 Å². The number of imidazole rings is 1. The molecule has 3 N–H and O–H groups in total. The smallest absolute Gasteiger partial charge is 0.243 e. The summed E-state index contributed by atoms with van der Waals surface area (Å²) in [7, 11) is 0. The fourth-order valence-corrected chi connectivity index (χ4v) is 8.20. The number of H-pyrrole nitrogens is 1. The van der Waals surface area contributed by atoms with Gasteiger partial charge in [0, 0.05) is 17.9 Å². The first kappa shape index (κ1) is 20.9. The zero-order valence-corrected chi connectivity index (χ0v) is 19.6. The number of fused-ring (bicyclic) bond motifs is 6. The van der Waals surface area contributed by atoms with Crippen LogP contribution in [0.3, 0.4) is 0 Å². The number of hydrogen-bond acceptors (Lipinski definition) is 3. The summed E-state index contributed by atoms with van der Waals surface area (Å²) in [6.07, 6.45) is 11.5. The first-order valence-electron chi connectivity index (χ1n) is 12.6. The molecule has 3 saturated carbocycles. The standard InChI is InChI=1S/C27H34N4O2/c1-26-13-11-19-17(8-10-22-27(19,2)14-12-23(32)30-22)18(26)9-7-16(26)15-24(33)31-25-28-20-5-3-4-6-21(20)29-25/h3-6,12,14,16-19,22H,7-11,13,15H2,1-2H3,(H,30,32)(H2,28,29,31,33)/t16-,17+,18+,19+,22-,26-,27-/m1/s1. The van der Waals surface area contributed by atoms with Gasteiger partial charge in [-0.05, 0) is 85.8 Å². The molecule has 4 aliphatic rings. The van der Waals surface area contributed by atoms with Gasteiger partial charge in [-0.3, -0.25) is 14.9 Å². The summed E-state index contributed by atoms with van der Waals surface area (Å²) in [5.41, 5.74) is 2.10. The second-order valence-corrected chi connectivity index (χ2v) is 11.4. The molecule has 0 unspecified atom stereocenters. The molecule has 2 amide bonds. The van der Waals surface area contributed by atoms with Gasteiger partial charge in [0.15, 0.2) is 0 Å². The van der Waals surface area contributed by atoms with Crippen LogP contribution in [0.1, 0.15) is 58.8 Å². The van der Waals surface area contributed by atoms with Gasteiger partial charge in [0.1, 0.15) is 0 Å². The van der Waals surface area contributed by atoms with Crippen LogP contribution in [0.15, 0.2) is 36.4 Å². The zero-order valence-electron chi connectivity index (χ0n) is 19.6. The number of amides is 2. The Hall–Kier alpha value is -2.63. The molecule has 33 heavy (non-hydrogen) atoms. The van der Waals surface area contributed by atoms with E-state index in [1.165, 1.54) is 25.7 Å². The van der Waals surface area contributed by atoms with E-state index in [1.807, 2.05) is 24.3 Å². The van der Waals surface area contributed by atoms with Gasteiger partial charge >= 0.3 is 0 Å². The molecule has 0 saturated heterocycles. The minimum atomic E-state index is 0.0629. The third kappa shape index (κ3) is 3.24. The maximum Gasteiger partial charge on any atom is 0.243 e. The van der Waals surface area contributed by atoms with Crippen LogP contribution >= 0.6 is 0 Å². The molecule has 174 valence electrons. The van der Waals surface area contributed by atoms with E-state index in [2.05, 4.69) is 40.5 Å². The summed E-state index contributed by atoms with van der Waals surface area (Å²) < 4.78 is 0. The number of rotatable bonds is 3. The highest BCUT2D eigenvalue weighted by Crippen LogP contribution is 2.65. The third-order valence-electron chi connectivity index (χ3n) is 9.96. The third-order valence-corrected chi connectivity index (χ3v) is 9.96. The Bertz CT molecular complexity index is 1110. The monoisotopic (exact) mass is 446 g/mol. The van der Waals surface area contributed by atoms with Crippen molar-refractivity contribution in [2.75, 3.05) is 5.32 Å². The van der Waals surface area contributed by atoms with Crippen LogP contribution in [0.5, 0.6) is 0 Å². The predicted octanol–water partition coefficient (Wildman–Crippen LogP) is 4.80. The van der Waals surface area contributed by atoms with Gasteiger partial charge in [-0.2, -0.15) is 0 Å². The van der Waals surface area contributed by atoms with Crippen LogP contribution in [0.25, 0.3) is 11.0 Å². The number of nitrogens with zero attached hydrogens (tertiary/aromatic N) is 1. The molecule has 0 spiro atoms. The van der Waals surface area contributed by atoms with Gasteiger partial charge in [0.2, 0.25) is 17.8 Å². The topological polar surface area (TPSA) is 86.9 Å². The molecule has 6 heteroatoms. The fraction of sp³-hybridized carbons (Fsp3) is 0.593. The number of carbonyl (C=O) groups excluding carboxylic acids is 2. The van der Waals surface area contributed by atoms with E-state index < -0.39 is 0 Å². The molecule has 2 heterocycles. The second-order valence-electron chi connectivity index (χ2n) is 11.4. The van der Waals surface area contributed by atoms with Crippen molar-refractivity contribution in [2.45, 2.75) is 64.8 Å². The van der Waals surface area contributed by atoms with Gasteiger partial charge in [-0.1, -0.05) is 32.1 Å². The molecule has 7 atom stereocenters. The van der Waals surface area contributed by atoms with Crippen molar-refractivity contribution in [1.82, 2.24) is 15.3 Å². The maximum atomic E-state index is 13.0. The van der Waals surface area contributed by atoms with Crippen LogP contribution in [-0.4, -0.2) is 27.8 Å². The Morgan fingerprint density at radius 3 is 2.82 bits per heavy atom. The average Bonchev–Trinajstić information content (AvgIpc) is 3.34. The second kappa shape index (κ2) is 7.44. The van der Waals surface area contributed by atoms with E-state index in [4.69, 9.17) is 0 Å². The lowest BCUT2D eigenvalue weighted by atomic mass is 9.48. The first-order chi connectivity index (χ1) is 15.9. The van der Waals surface area contributed by atoms with Gasteiger partial charge < -0.3 is 10.3 Å². The van der Waals surface area contributed by atoms with Crippen LogP contribution < -0.4 is 10.6 Å². The van der Waals surface area contributed by atoms with E-state index in [0.29, 0.717) is 36.0 Å². The lowest BCUT2D eigenvalue weighted by Gasteiger charge is -2.59. The summed E-state index contributed by atoms with van der Waals surface area (Å²) in [6, 6.07) is 8.11. The SMILES string of the molecule is C[C@]12C=CC(=O)N[C@@H]1CC[C@@H]1[C@@H]2CC[C@]2(C)[C@@H](CC(=O)Nc3nc4ccccc4[nH]3)CC[C@@H]12. The molecule has 0 bridgehead atoms. The molecule has 2 aromatic rings. The summed E-state index contributed by atoms with van der Waals surface area (Å²) in [4.78, 5) is 32.6. The highest BCUT2D eigenvalue weighted by Gasteiger charge is 2.59. The number of aromatic amines is 1. The van der Waals surface area contributed by atoms with E-state index in [-0.39, 0.29) is 28.7 Å². The van der Waals surface area contributed by atoms with Crippen molar-refractivity contribution < 1.29 is 9.59 Å². The minimum Gasteiger partial charge on any atom is -0.349 e. The van der Waals surface area contributed by atoms with Crippen molar-refractivity contribution in [1.29, 1.82) is 0 Å². The normalized spacial score (nSPS) is 39.5. The summed E-state index contributed by atoms with van der Waals surface area (Å²) in [5, 5.41) is 6.26. The Morgan fingerprint density at radius 2 is 1.97 bits per heavy atom. The van der Waals surface area contributed by atoms with Gasteiger partial charge in [0.25, 0.3) is 0 Å². The van der Waals surface area contributed by atoms with E-state index >= 15 is 0 Å². The quantitative estimate of drug-likeness (QED) is 0.633. The number of aromatic nitrogens is 2. The number of anilines is 1.